The van der Waals surface area contributed by atoms with E-state index in [-0.39, 0.29) is 5.60 Å². The normalized spacial score (nSPS) is 34.3. The lowest BCUT2D eigenvalue weighted by Crippen LogP contribution is -2.59. The fourth-order valence-electron chi connectivity index (χ4n) is 4.29. The van der Waals surface area contributed by atoms with Crippen molar-refractivity contribution in [2.75, 3.05) is 19.6 Å². The monoisotopic (exact) mass is 308 g/mol. The second-order valence-corrected chi connectivity index (χ2v) is 6.94. The largest absolute Gasteiger partial charge is 0.300 e. The van der Waals surface area contributed by atoms with Gasteiger partial charge in [0.15, 0.2) is 5.82 Å². The summed E-state index contributed by atoms with van der Waals surface area (Å²) in [5.41, 5.74) is 3.00. The molecule has 4 aliphatic heterocycles. The van der Waals surface area contributed by atoms with Gasteiger partial charge in [-0.2, -0.15) is 0 Å². The molecule has 0 radical (unpaired) electrons. The smallest absolute Gasteiger partial charge is 0.154 e. The van der Waals surface area contributed by atoms with Crippen molar-refractivity contribution in [1.29, 1.82) is 0 Å². The molecular weight excluding hydrogens is 288 g/mol. The number of rotatable bonds is 1. The van der Waals surface area contributed by atoms with Crippen molar-refractivity contribution in [1.82, 2.24) is 15.4 Å². The van der Waals surface area contributed by atoms with E-state index in [9.17, 15) is 0 Å². The van der Waals surface area contributed by atoms with Crippen molar-refractivity contribution in [2.45, 2.75) is 24.9 Å². The van der Waals surface area contributed by atoms with E-state index in [0.29, 0.717) is 5.92 Å². The van der Waals surface area contributed by atoms with Crippen molar-refractivity contribution in [3.8, 4) is 0 Å². The third-order valence-electron chi connectivity index (χ3n) is 5.53. The first kappa shape index (κ1) is 13.5. The Morgan fingerprint density at radius 2 is 2.04 bits per heavy atom. The van der Waals surface area contributed by atoms with Crippen LogP contribution in [0.5, 0.6) is 0 Å². The number of amidine groups is 1. The van der Waals surface area contributed by atoms with Crippen LogP contribution in [0.3, 0.4) is 0 Å². The number of hydrogen-bond acceptors (Lipinski definition) is 4. The number of hydrogen-bond donors (Lipinski definition) is 1. The van der Waals surface area contributed by atoms with E-state index in [2.05, 4.69) is 27.5 Å². The minimum Gasteiger partial charge on any atom is -0.300 e. The molecule has 0 aliphatic carbocycles. The third kappa shape index (κ3) is 2.23. The average Bonchev–Trinajstić information content (AvgIpc) is 2.98. The summed E-state index contributed by atoms with van der Waals surface area (Å²) in [5, 5.41) is 2.30. The summed E-state index contributed by atoms with van der Waals surface area (Å²) in [6.45, 7) is 3.46. The van der Waals surface area contributed by atoms with Crippen molar-refractivity contribution in [3.05, 3.63) is 36.5 Å². The summed E-state index contributed by atoms with van der Waals surface area (Å²) in [4.78, 5) is 17.7. The quantitative estimate of drug-likeness (QED) is 0.880. The van der Waals surface area contributed by atoms with Crippen LogP contribution in [0, 0.1) is 5.92 Å². The molecule has 5 heterocycles. The molecule has 5 nitrogen and oxygen atoms in total. The van der Waals surface area contributed by atoms with Gasteiger partial charge in [0, 0.05) is 24.5 Å². The van der Waals surface area contributed by atoms with Crippen LogP contribution in [0.15, 0.2) is 41.5 Å². The van der Waals surface area contributed by atoms with Crippen molar-refractivity contribution in [2.24, 2.45) is 10.9 Å². The lowest BCUT2D eigenvalue weighted by molar-refractivity contribution is -0.150. The fourth-order valence-corrected chi connectivity index (χ4v) is 4.29. The molecule has 1 atom stereocenters. The summed E-state index contributed by atoms with van der Waals surface area (Å²) in [7, 11) is 0. The number of aliphatic imine (C=N–C) groups is 1. The first-order chi connectivity index (χ1) is 11.3. The molecule has 1 aromatic heterocycles. The zero-order valence-electron chi connectivity index (χ0n) is 13.0. The van der Waals surface area contributed by atoms with Gasteiger partial charge in [-0.05, 0) is 43.3 Å². The maximum Gasteiger partial charge on any atom is 0.154 e. The van der Waals surface area contributed by atoms with Crippen LogP contribution in [0.2, 0.25) is 0 Å². The number of benzene rings is 1. The topological polar surface area (TPSA) is 49.8 Å². The zero-order valence-corrected chi connectivity index (χ0v) is 13.0. The number of aromatic nitrogens is 1. The molecule has 6 rings (SSSR count). The Bertz CT molecular complexity index is 781. The predicted octanol–water partition coefficient (Wildman–Crippen LogP) is 2.65. The summed E-state index contributed by atoms with van der Waals surface area (Å²) in [6.07, 6.45) is 5.23. The van der Waals surface area contributed by atoms with E-state index in [1.807, 2.05) is 24.4 Å². The molecule has 0 saturated carbocycles. The molecule has 2 aromatic rings. The number of nitrogens with one attached hydrogen (secondary N) is 1. The molecule has 1 aromatic carbocycles. The Morgan fingerprint density at radius 1 is 1.22 bits per heavy atom. The van der Waals surface area contributed by atoms with Gasteiger partial charge in [0.1, 0.15) is 11.4 Å². The van der Waals surface area contributed by atoms with Crippen LogP contribution in [0.25, 0.3) is 10.8 Å². The Hall–Kier alpha value is -1.98. The first-order valence-electron chi connectivity index (χ1n) is 8.40. The molecule has 4 aliphatic rings. The van der Waals surface area contributed by atoms with Gasteiger partial charge in [-0.15, -0.1) is 0 Å². The lowest BCUT2D eigenvalue weighted by atomic mass is 9.74. The van der Waals surface area contributed by atoms with Gasteiger partial charge in [-0.1, -0.05) is 24.3 Å². The Kier molecular flexibility index (Phi) is 2.93. The second-order valence-electron chi connectivity index (χ2n) is 6.94. The van der Waals surface area contributed by atoms with E-state index >= 15 is 0 Å². The summed E-state index contributed by atoms with van der Waals surface area (Å²) >= 11 is 0. The van der Waals surface area contributed by atoms with Crippen molar-refractivity contribution >= 4 is 22.4 Å². The van der Waals surface area contributed by atoms with E-state index in [4.69, 9.17) is 9.83 Å². The van der Waals surface area contributed by atoms with Crippen LogP contribution in [0.1, 0.15) is 19.3 Å². The zero-order chi connectivity index (χ0) is 15.3. The molecule has 1 spiro atoms. The Morgan fingerprint density at radius 3 is 2.83 bits per heavy atom. The van der Waals surface area contributed by atoms with Gasteiger partial charge in [0.2, 0.25) is 0 Å². The van der Waals surface area contributed by atoms with Gasteiger partial charge in [-0.3, -0.25) is 10.3 Å². The van der Waals surface area contributed by atoms with Gasteiger partial charge >= 0.3 is 0 Å². The van der Waals surface area contributed by atoms with Crippen molar-refractivity contribution in [3.63, 3.8) is 0 Å². The highest BCUT2D eigenvalue weighted by molar-refractivity contribution is 5.88. The lowest BCUT2D eigenvalue weighted by Gasteiger charge is -2.49. The van der Waals surface area contributed by atoms with Crippen LogP contribution in [0.4, 0.5) is 5.82 Å². The van der Waals surface area contributed by atoms with E-state index in [1.54, 1.807) is 0 Å². The number of fused-ring (bicyclic) bond motifs is 3. The molecule has 0 amide bonds. The molecular formula is C18H20N4O. The van der Waals surface area contributed by atoms with E-state index in [0.717, 1.165) is 30.0 Å². The van der Waals surface area contributed by atoms with Gasteiger partial charge in [0.05, 0.1) is 0 Å². The molecule has 1 N–H and O–H groups in total. The van der Waals surface area contributed by atoms with Gasteiger partial charge in [0.25, 0.3) is 0 Å². The minimum absolute atomic E-state index is 0.0772. The maximum absolute atomic E-state index is 6.04. The van der Waals surface area contributed by atoms with Crippen LogP contribution in [-0.4, -0.2) is 41.0 Å². The van der Waals surface area contributed by atoms with Crippen LogP contribution in [-0.2, 0) is 4.84 Å². The van der Waals surface area contributed by atoms with E-state index < -0.39 is 0 Å². The standard InChI is InChI=1S/C18H20N4O/c1-2-4-14-11-19-16(9-13(14)3-1)20-17-10-18(23-21-17)12-22-7-5-15(18)6-8-22/h1-4,9,11,15H,5-8,10,12H2,(H,19,20,21). The highest BCUT2D eigenvalue weighted by atomic mass is 16.7. The SMILES string of the molecule is c1ccc2cc(/N=C3/CC4(CN5CCC4CC5)ON3)ncc2c1. The molecule has 118 valence electrons. The predicted molar refractivity (Wildman–Crippen MR) is 89.6 cm³/mol. The molecule has 2 bridgehead atoms. The Balaban J connectivity index is 1.42. The summed E-state index contributed by atoms with van der Waals surface area (Å²) in [5.74, 6) is 2.30. The second kappa shape index (κ2) is 5.01. The first-order valence-corrected chi connectivity index (χ1v) is 8.40. The highest BCUT2D eigenvalue weighted by Crippen LogP contribution is 2.42. The van der Waals surface area contributed by atoms with Gasteiger partial charge in [-0.25, -0.2) is 9.98 Å². The van der Waals surface area contributed by atoms with Crippen molar-refractivity contribution < 1.29 is 4.84 Å². The van der Waals surface area contributed by atoms with Crippen LogP contribution >= 0.6 is 0 Å². The fraction of sp³-hybridized carbons (Fsp3) is 0.444. The van der Waals surface area contributed by atoms with E-state index in [1.165, 1.54) is 31.3 Å². The number of pyridine rings is 1. The molecule has 4 fully saturated rings. The number of nitrogens with zero attached hydrogens (tertiary/aromatic N) is 3. The average molecular weight is 308 g/mol. The maximum atomic E-state index is 6.04. The molecule has 23 heavy (non-hydrogen) atoms. The Labute approximate surface area is 135 Å². The van der Waals surface area contributed by atoms with Crippen LogP contribution < -0.4 is 5.48 Å². The summed E-state index contributed by atoms with van der Waals surface area (Å²) in [6, 6.07) is 10.3. The van der Waals surface area contributed by atoms with Gasteiger partial charge < -0.3 is 4.90 Å². The summed E-state index contributed by atoms with van der Waals surface area (Å²) < 4.78 is 0. The highest BCUT2D eigenvalue weighted by Gasteiger charge is 2.52. The molecule has 5 heteroatoms. The minimum atomic E-state index is -0.0772. The molecule has 4 saturated heterocycles. The molecule has 1 unspecified atom stereocenters. The number of hydroxylamine groups is 1. The third-order valence-corrected chi connectivity index (χ3v) is 5.53. The number of piperidine rings is 3.